The van der Waals surface area contributed by atoms with Gasteiger partial charge >= 0.3 is 0 Å². The summed E-state index contributed by atoms with van der Waals surface area (Å²) in [5.74, 6) is -0.0520. The van der Waals surface area contributed by atoms with Crippen LogP contribution < -0.4 is 11.1 Å². The van der Waals surface area contributed by atoms with E-state index in [0.29, 0.717) is 18.5 Å². The van der Waals surface area contributed by atoms with Gasteiger partial charge in [0.15, 0.2) is 0 Å². The molecule has 0 aliphatic rings. The standard InChI is InChI=1S/C14H22N2O3/c1-2-3-10(6-7-17)9-16-14(19)11-4-5-12(15)13(18)8-11/h4-5,8,10,17-18H,2-3,6-7,9,15H2,1H3,(H,16,19). The molecule has 0 fully saturated rings. The molecule has 106 valence electrons. The van der Waals surface area contributed by atoms with Gasteiger partial charge in [-0.3, -0.25) is 4.79 Å². The van der Waals surface area contributed by atoms with Crippen LogP contribution in [0.4, 0.5) is 5.69 Å². The summed E-state index contributed by atoms with van der Waals surface area (Å²) in [7, 11) is 0. The molecule has 0 heterocycles. The molecule has 0 saturated carbocycles. The van der Waals surface area contributed by atoms with Crippen molar-refractivity contribution in [3.05, 3.63) is 23.8 Å². The number of aliphatic hydroxyl groups excluding tert-OH is 1. The molecule has 0 saturated heterocycles. The number of phenols is 1. The van der Waals surface area contributed by atoms with Gasteiger partial charge in [-0.25, -0.2) is 0 Å². The van der Waals surface area contributed by atoms with Gasteiger partial charge in [-0.2, -0.15) is 0 Å². The molecule has 0 radical (unpaired) electrons. The molecule has 0 bridgehead atoms. The van der Waals surface area contributed by atoms with E-state index in [1.807, 2.05) is 0 Å². The van der Waals surface area contributed by atoms with Crippen molar-refractivity contribution in [1.82, 2.24) is 5.32 Å². The van der Waals surface area contributed by atoms with E-state index >= 15 is 0 Å². The second kappa shape index (κ2) is 7.63. The Morgan fingerprint density at radius 3 is 2.74 bits per heavy atom. The summed E-state index contributed by atoms with van der Waals surface area (Å²) in [6.07, 6.45) is 2.66. The highest BCUT2D eigenvalue weighted by molar-refractivity contribution is 5.95. The maximum atomic E-state index is 11.9. The van der Waals surface area contributed by atoms with Gasteiger partial charge < -0.3 is 21.3 Å². The number of carbonyl (C=O) groups is 1. The third kappa shape index (κ3) is 4.79. The number of aromatic hydroxyl groups is 1. The molecule has 1 rings (SSSR count). The van der Waals surface area contributed by atoms with Crippen LogP contribution in [0.15, 0.2) is 18.2 Å². The molecule has 0 spiro atoms. The maximum absolute atomic E-state index is 11.9. The van der Waals surface area contributed by atoms with Gasteiger partial charge in [0.1, 0.15) is 5.75 Å². The first-order valence-corrected chi connectivity index (χ1v) is 6.56. The fourth-order valence-electron chi connectivity index (χ4n) is 1.96. The molecule has 19 heavy (non-hydrogen) atoms. The van der Waals surface area contributed by atoms with Gasteiger partial charge in [0.05, 0.1) is 5.69 Å². The molecule has 1 unspecified atom stereocenters. The Morgan fingerprint density at radius 2 is 2.16 bits per heavy atom. The van der Waals surface area contributed by atoms with Crippen LogP contribution in [0.1, 0.15) is 36.5 Å². The van der Waals surface area contributed by atoms with Gasteiger partial charge in [-0.1, -0.05) is 13.3 Å². The van der Waals surface area contributed by atoms with E-state index in [1.54, 1.807) is 6.07 Å². The number of hydrogen-bond acceptors (Lipinski definition) is 4. The fraction of sp³-hybridized carbons (Fsp3) is 0.500. The lowest BCUT2D eigenvalue weighted by atomic mass is 10.00. The summed E-state index contributed by atoms with van der Waals surface area (Å²) in [5, 5.41) is 21.2. The Morgan fingerprint density at radius 1 is 1.42 bits per heavy atom. The van der Waals surface area contributed by atoms with Crippen molar-refractivity contribution >= 4 is 11.6 Å². The average Bonchev–Trinajstić information content (AvgIpc) is 2.39. The summed E-state index contributed by atoms with van der Waals surface area (Å²) in [5.41, 5.74) is 6.11. The van der Waals surface area contributed by atoms with Crippen molar-refractivity contribution < 1.29 is 15.0 Å². The number of aliphatic hydroxyl groups is 1. The van der Waals surface area contributed by atoms with E-state index in [1.165, 1.54) is 12.1 Å². The largest absolute Gasteiger partial charge is 0.506 e. The van der Waals surface area contributed by atoms with Crippen molar-refractivity contribution in [3.8, 4) is 5.75 Å². The van der Waals surface area contributed by atoms with Gasteiger partial charge in [0.25, 0.3) is 5.91 Å². The second-order valence-corrected chi connectivity index (χ2v) is 4.65. The lowest BCUT2D eigenvalue weighted by Gasteiger charge is -2.15. The predicted octanol–water partition coefficient (Wildman–Crippen LogP) is 1.50. The predicted molar refractivity (Wildman–Crippen MR) is 75.0 cm³/mol. The van der Waals surface area contributed by atoms with E-state index in [9.17, 15) is 9.90 Å². The molecule has 0 aliphatic heterocycles. The lowest BCUT2D eigenvalue weighted by molar-refractivity contribution is 0.0942. The number of benzene rings is 1. The molecule has 5 N–H and O–H groups in total. The highest BCUT2D eigenvalue weighted by Crippen LogP contribution is 2.20. The smallest absolute Gasteiger partial charge is 0.251 e. The minimum absolute atomic E-state index is 0.0897. The number of nitrogens with two attached hydrogens (primary N) is 1. The maximum Gasteiger partial charge on any atom is 0.251 e. The van der Waals surface area contributed by atoms with Crippen LogP contribution >= 0.6 is 0 Å². The lowest BCUT2D eigenvalue weighted by Crippen LogP contribution is -2.29. The Kier molecular flexibility index (Phi) is 6.15. The monoisotopic (exact) mass is 266 g/mol. The number of carbonyl (C=O) groups excluding carboxylic acids is 1. The summed E-state index contributed by atoms with van der Waals surface area (Å²) < 4.78 is 0. The van der Waals surface area contributed by atoms with Gasteiger partial charge in [0.2, 0.25) is 0 Å². The number of nitrogens with one attached hydrogen (secondary N) is 1. The molecule has 1 aromatic carbocycles. The van der Waals surface area contributed by atoms with Gasteiger partial charge in [-0.15, -0.1) is 0 Å². The van der Waals surface area contributed by atoms with Crippen molar-refractivity contribution in [2.75, 3.05) is 18.9 Å². The number of hydrogen-bond donors (Lipinski definition) is 4. The van der Waals surface area contributed by atoms with E-state index in [0.717, 1.165) is 12.8 Å². The number of rotatable bonds is 7. The van der Waals surface area contributed by atoms with Gasteiger partial charge in [0, 0.05) is 18.7 Å². The third-order valence-electron chi connectivity index (χ3n) is 3.08. The van der Waals surface area contributed by atoms with Crippen molar-refractivity contribution in [1.29, 1.82) is 0 Å². The summed E-state index contributed by atoms with van der Waals surface area (Å²) >= 11 is 0. The van der Waals surface area contributed by atoms with E-state index in [-0.39, 0.29) is 29.9 Å². The first kappa shape index (κ1) is 15.3. The Balaban J connectivity index is 2.56. The molecule has 5 heteroatoms. The first-order valence-electron chi connectivity index (χ1n) is 6.56. The first-order chi connectivity index (χ1) is 9.08. The number of amides is 1. The zero-order chi connectivity index (χ0) is 14.3. The number of nitrogen functional groups attached to an aromatic ring is 1. The Hall–Kier alpha value is -1.75. The SMILES string of the molecule is CCCC(CCO)CNC(=O)c1ccc(N)c(O)c1. The number of phenolic OH excluding ortho intramolecular Hbond substituents is 1. The fourth-order valence-corrected chi connectivity index (χ4v) is 1.96. The van der Waals surface area contributed by atoms with Crippen LogP contribution in [-0.2, 0) is 0 Å². The zero-order valence-corrected chi connectivity index (χ0v) is 11.2. The van der Waals surface area contributed by atoms with E-state index in [4.69, 9.17) is 10.8 Å². The topological polar surface area (TPSA) is 95.6 Å². The number of anilines is 1. The Bertz CT molecular complexity index is 415. The minimum Gasteiger partial charge on any atom is -0.506 e. The highest BCUT2D eigenvalue weighted by Gasteiger charge is 2.11. The van der Waals surface area contributed by atoms with Crippen LogP contribution in [0.5, 0.6) is 5.75 Å². The van der Waals surface area contributed by atoms with Gasteiger partial charge in [-0.05, 0) is 37.0 Å². The van der Waals surface area contributed by atoms with Crippen molar-refractivity contribution in [2.45, 2.75) is 26.2 Å². The summed E-state index contributed by atoms with van der Waals surface area (Å²) in [6.45, 7) is 2.73. The quantitative estimate of drug-likeness (QED) is 0.444. The normalized spacial score (nSPS) is 12.1. The molecular formula is C14H22N2O3. The third-order valence-corrected chi connectivity index (χ3v) is 3.08. The van der Waals surface area contributed by atoms with Crippen LogP contribution in [-0.4, -0.2) is 29.3 Å². The summed E-state index contributed by atoms with van der Waals surface area (Å²) in [4.78, 5) is 11.9. The highest BCUT2D eigenvalue weighted by atomic mass is 16.3. The van der Waals surface area contributed by atoms with Crippen LogP contribution in [0, 0.1) is 5.92 Å². The van der Waals surface area contributed by atoms with Crippen LogP contribution in [0.25, 0.3) is 0 Å². The molecule has 0 aliphatic carbocycles. The van der Waals surface area contributed by atoms with E-state index in [2.05, 4.69) is 12.2 Å². The minimum atomic E-state index is -0.241. The van der Waals surface area contributed by atoms with Crippen LogP contribution in [0.3, 0.4) is 0 Å². The summed E-state index contributed by atoms with van der Waals surface area (Å²) in [6, 6.07) is 4.43. The van der Waals surface area contributed by atoms with Crippen molar-refractivity contribution in [3.63, 3.8) is 0 Å². The average molecular weight is 266 g/mol. The molecule has 1 aromatic rings. The molecule has 5 nitrogen and oxygen atoms in total. The van der Waals surface area contributed by atoms with Crippen molar-refractivity contribution in [2.24, 2.45) is 5.92 Å². The zero-order valence-electron chi connectivity index (χ0n) is 11.2. The van der Waals surface area contributed by atoms with E-state index < -0.39 is 0 Å². The molecular weight excluding hydrogens is 244 g/mol. The Labute approximate surface area is 113 Å². The molecule has 1 amide bonds. The molecule has 0 aromatic heterocycles. The molecule has 1 atom stereocenters. The van der Waals surface area contributed by atoms with Crippen LogP contribution in [0.2, 0.25) is 0 Å². The second-order valence-electron chi connectivity index (χ2n) is 4.65.